The van der Waals surface area contributed by atoms with Gasteiger partial charge in [0.2, 0.25) is 11.5 Å². The number of benzene rings is 3. The first-order valence-corrected chi connectivity index (χ1v) is 11.0. The molecule has 0 aromatic heterocycles. The topological polar surface area (TPSA) is 73.8 Å². The van der Waals surface area contributed by atoms with Crippen molar-refractivity contribution in [1.82, 2.24) is 0 Å². The van der Waals surface area contributed by atoms with E-state index in [-0.39, 0.29) is 0 Å². The molecule has 192 valence electrons. The first-order chi connectivity index (χ1) is 17.5. The minimum absolute atomic E-state index is 0.503. The lowest BCUT2D eigenvalue weighted by Crippen LogP contribution is -1.99. The first-order valence-electron chi connectivity index (χ1n) is 11.0. The van der Waals surface area contributed by atoms with Crippen LogP contribution in [-0.2, 0) is 0 Å². The van der Waals surface area contributed by atoms with Gasteiger partial charge in [0.05, 0.1) is 56.9 Å². The summed E-state index contributed by atoms with van der Waals surface area (Å²) >= 11 is 0. The van der Waals surface area contributed by atoms with Gasteiger partial charge < -0.3 is 37.9 Å². The Morgan fingerprint density at radius 1 is 0.444 bits per heavy atom. The van der Waals surface area contributed by atoms with Crippen LogP contribution in [0.15, 0.2) is 42.5 Å². The van der Waals surface area contributed by atoms with Crippen LogP contribution in [-0.4, -0.2) is 56.9 Å². The Hall–Kier alpha value is -4.20. The van der Waals surface area contributed by atoms with E-state index in [1.54, 1.807) is 56.9 Å². The van der Waals surface area contributed by atoms with Crippen LogP contribution in [0.4, 0.5) is 0 Å². The van der Waals surface area contributed by atoms with Gasteiger partial charge >= 0.3 is 0 Å². The van der Waals surface area contributed by atoms with Crippen molar-refractivity contribution < 1.29 is 37.9 Å². The second kappa shape index (κ2) is 12.0. The third-order valence-electron chi connectivity index (χ3n) is 5.67. The van der Waals surface area contributed by atoms with Gasteiger partial charge in [-0.25, -0.2) is 0 Å². The van der Waals surface area contributed by atoms with Crippen LogP contribution in [0.25, 0.3) is 11.6 Å². The van der Waals surface area contributed by atoms with Gasteiger partial charge in [-0.3, -0.25) is 0 Å². The lowest BCUT2D eigenvalue weighted by Gasteiger charge is -2.18. The van der Waals surface area contributed by atoms with Crippen LogP contribution in [0.3, 0.4) is 0 Å². The van der Waals surface area contributed by atoms with Gasteiger partial charge in [-0.15, -0.1) is 0 Å². The van der Waals surface area contributed by atoms with E-state index in [4.69, 9.17) is 37.9 Å². The summed E-state index contributed by atoms with van der Waals surface area (Å²) in [5, 5.41) is 0. The molecule has 36 heavy (non-hydrogen) atoms. The van der Waals surface area contributed by atoms with Gasteiger partial charge in [0.25, 0.3) is 0 Å². The average Bonchev–Trinajstić information content (AvgIpc) is 2.93. The summed E-state index contributed by atoms with van der Waals surface area (Å²) < 4.78 is 44.3. The zero-order valence-electron chi connectivity index (χ0n) is 21.9. The molecule has 0 spiro atoms. The van der Waals surface area contributed by atoms with E-state index >= 15 is 0 Å². The second-order valence-corrected chi connectivity index (χ2v) is 7.50. The normalized spacial score (nSPS) is 10.9. The molecule has 8 nitrogen and oxygen atoms in total. The smallest absolute Gasteiger partial charge is 0.203 e. The van der Waals surface area contributed by atoms with Crippen molar-refractivity contribution in [2.45, 2.75) is 0 Å². The quantitative estimate of drug-likeness (QED) is 0.329. The maximum Gasteiger partial charge on any atom is 0.203 e. The molecule has 0 radical (unpaired) electrons. The van der Waals surface area contributed by atoms with Gasteiger partial charge in [-0.05, 0) is 64.7 Å². The molecule has 0 heterocycles. The second-order valence-electron chi connectivity index (χ2n) is 7.50. The van der Waals surface area contributed by atoms with Crippen molar-refractivity contribution in [2.24, 2.45) is 0 Å². The van der Waals surface area contributed by atoms with Crippen LogP contribution < -0.4 is 37.9 Å². The fraction of sp³-hybridized carbons (Fsp3) is 0.286. The van der Waals surface area contributed by atoms with E-state index in [1.165, 1.54) is 0 Å². The summed E-state index contributed by atoms with van der Waals surface area (Å²) in [5.41, 5.74) is 3.37. The molecule has 0 fully saturated rings. The van der Waals surface area contributed by atoms with Gasteiger partial charge in [0.1, 0.15) is 0 Å². The number of hydrogen-bond donors (Lipinski definition) is 0. The molecular formula is C28H32O8. The largest absolute Gasteiger partial charge is 0.493 e. The summed E-state index contributed by atoms with van der Waals surface area (Å²) in [6.45, 7) is 0. The maximum absolute atomic E-state index is 5.61. The number of hydrogen-bond acceptors (Lipinski definition) is 8. The third-order valence-corrected chi connectivity index (χ3v) is 5.67. The van der Waals surface area contributed by atoms with E-state index in [0.29, 0.717) is 46.0 Å². The van der Waals surface area contributed by atoms with Crippen LogP contribution >= 0.6 is 0 Å². The summed E-state index contributed by atoms with van der Waals surface area (Å²) in [6.07, 6.45) is 2.01. The molecule has 0 aliphatic carbocycles. The van der Waals surface area contributed by atoms with Gasteiger partial charge in [-0.1, -0.05) is 6.07 Å². The molecule has 8 heteroatoms. The van der Waals surface area contributed by atoms with Crippen LogP contribution in [0, 0.1) is 0 Å². The molecule has 0 aliphatic rings. The van der Waals surface area contributed by atoms with Crippen LogP contribution in [0.2, 0.25) is 0 Å². The summed E-state index contributed by atoms with van der Waals surface area (Å²) in [6, 6.07) is 13.2. The highest BCUT2D eigenvalue weighted by molar-refractivity contribution is 5.93. The zero-order chi connectivity index (χ0) is 26.2. The fourth-order valence-corrected chi connectivity index (χ4v) is 3.93. The lowest BCUT2D eigenvalue weighted by molar-refractivity contribution is 0.324. The van der Waals surface area contributed by atoms with Crippen molar-refractivity contribution in [3.8, 4) is 46.0 Å². The SMILES string of the molecule is COc1ccc(/C(=C/c2cc(OC)c(OC)c(OC)c2)c2cc(OC)c(OC)c(OC)c2)cc1OC. The monoisotopic (exact) mass is 496 g/mol. The molecule has 0 bridgehead atoms. The molecule has 0 amide bonds. The van der Waals surface area contributed by atoms with E-state index in [0.717, 1.165) is 22.3 Å². The van der Waals surface area contributed by atoms with Gasteiger partial charge in [0, 0.05) is 0 Å². The third kappa shape index (κ3) is 5.22. The summed E-state index contributed by atoms with van der Waals surface area (Å²) in [5.74, 6) is 4.38. The highest BCUT2D eigenvalue weighted by atomic mass is 16.5. The average molecular weight is 497 g/mol. The summed E-state index contributed by atoms with van der Waals surface area (Å²) in [4.78, 5) is 0. The Balaban J connectivity index is 2.34. The van der Waals surface area contributed by atoms with E-state index < -0.39 is 0 Å². The summed E-state index contributed by atoms with van der Waals surface area (Å²) in [7, 11) is 12.7. The number of methoxy groups -OCH3 is 8. The van der Waals surface area contributed by atoms with E-state index in [9.17, 15) is 0 Å². The molecule has 3 aromatic rings. The van der Waals surface area contributed by atoms with Crippen molar-refractivity contribution in [3.63, 3.8) is 0 Å². The molecule has 0 atom stereocenters. The molecule has 0 saturated carbocycles. The molecule has 3 aromatic carbocycles. The predicted molar refractivity (Wildman–Crippen MR) is 139 cm³/mol. The van der Waals surface area contributed by atoms with Crippen molar-refractivity contribution >= 4 is 11.6 Å². The van der Waals surface area contributed by atoms with Crippen LogP contribution in [0.5, 0.6) is 46.0 Å². The molecule has 0 saturated heterocycles. The van der Waals surface area contributed by atoms with Crippen molar-refractivity contribution in [3.05, 3.63) is 59.2 Å². The lowest BCUT2D eigenvalue weighted by atomic mass is 9.94. The molecule has 3 rings (SSSR count). The number of rotatable bonds is 11. The Kier molecular flexibility index (Phi) is 8.78. The Bertz CT molecular complexity index is 1180. The van der Waals surface area contributed by atoms with Crippen molar-refractivity contribution in [1.29, 1.82) is 0 Å². The highest BCUT2D eigenvalue weighted by Crippen LogP contribution is 2.44. The van der Waals surface area contributed by atoms with Gasteiger partial charge in [0.15, 0.2) is 34.5 Å². The Morgan fingerprint density at radius 2 is 0.861 bits per heavy atom. The Morgan fingerprint density at radius 3 is 1.28 bits per heavy atom. The van der Waals surface area contributed by atoms with E-state index in [1.807, 2.05) is 48.5 Å². The number of ether oxygens (including phenoxy) is 8. The van der Waals surface area contributed by atoms with Gasteiger partial charge in [-0.2, -0.15) is 0 Å². The minimum atomic E-state index is 0.503. The zero-order valence-corrected chi connectivity index (χ0v) is 21.9. The highest BCUT2D eigenvalue weighted by Gasteiger charge is 2.19. The fourth-order valence-electron chi connectivity index (χ4n) is 3.93. The van der Waals surface area contributed by atoms with E-state index in [2.05, 4.69) is 0 Å². The molecule has 0 unspecified atom stereocenters. The minimum Gasteiger partial charge on any atom is -0.493 e. The standard InChI is InChI=1S/C28H32O8/c1-29-21-10-9-18(14-22(21)30-2)20(19-15-25(33-5)28(36-8)26(16-19)34-6)11-17-12-23(31-3)27(35-7)24(13-17)32-4/h9-16H,1-8H3/b20-11-. The van der Waals surface area contributed by atoms with Crippen molar-refractivity contribution in [2.75, 3.05) is 56.9 Å². The first kappa shape index (κ1) is 26.4. The van der Waals surface area contributed by atoms with Crippen LogP contribution in [0.1, 0.15) is 16.7 Å². The molecular weight excluding hydrogens is 464 g/mol. The maximum atomic E-state index is 5.61. The molecule has 0 N–H and O–H groups in total. The predicted octanol–water partition coefficient (Wildman–Crippen LogP) is 5.34. The Labute approximate surface area is 211 Å². The molecule has 0 aliphatic heterocycles.